The lowest BCUT2D eigenvalue weighted by Crippen LogP contribution is -3.15. The van der Waals surface area contributed by atoms with Gasteiger partial charge in [-0.2, -0.15) is 0 Å². The summed E-state index contributed by atoms with van der Waals surface area (Å²) in [4.78, 5) is 16.4. The molecule has 0 bridgehead atoms. The maximum absolute atomic E-state index is 12.7. The van der Waals surface area contributed by atoms with Gasteiger partial charge in [-0.25, -0.2) is 0 Å². The van der Waals surface area contributed by atoms with Crippen LogP contribution in [0.2, 0.25) is 0 Å². The Kier molecular flexibility index (Phi) is 5.67. The van der Waals surface area contributed by atoms with Gasteiger partial charge < -0.3 is 19.9 Å². The van der Waals surface area contributed by atoms with Gasteiger partial charge in [-0.15, -0.1) is 0 Å². The molecule has 5 heteroatoms. The van der Waals surface area contributed by atoms with Crippen LogP contribution in [0.15, 0.2) is 60.7 Å². The topological polar surface area (TPSA) is 46.0 Å². The van der Waals surface area contributed by atoms with Crippen LogP contribution in [0, 0.1) is 6.92 Å². The number of hydrogen-bond acceptors (Lipinski definition) is 3. The number of carbonyl (C=O) groups excluding carboxylic acids is 1. The molecule has 0 unspecified atom stereocenters. The van der Waals surface area contributed by atoms with E-state index in [-0.39, 0.29) is 5.91 Å². The van der Waals surface area contributed by atoms with Crippen molar-refractivity contribution in [3.8, 4) is 5.75 Å². The molecule has 0 radical (unpaired) electrons. The number of anilines is 2. The molecular formula is C24H28N3O2+. The van der Waals surface area contributed by atoms with Crippen LogP contribution >= 0.6 is 0 Å². The largest absolute Gasteiger partial charge is 0.497 e. The van der Waals surface area contributed by atoms with E-state index in [1.54, 1.807) is 7.11 Å². The summed E-state index contributed by atoms with van der Waals surface area (Å²) in [5.74, 6) is 0.954. The maximum atomic E-state index is 12.7. The minimum Gasteiger partial charge on any atom is -0.497 e. The Bertz CT molecular complexity index is 993. The molecule has 0 aromatic heterocycles. The average Bonchev–Trinajstić information content (AvgIpc) is 2.76. The quantitative estimate of drug-likeness (QED) is 0.704. The van der Waals surface area contributed by atoms with E-state index in [2.05, 4.69) is 46.6 Å². The van der Waals surface area contributed by atoms with Gasteiger partial charge in [0.15, 0.2) is 6.54 Å². The Labute approximate surface area is 171 Å². The number of carbonyl (C=O) groups is 1. The normalized spacial score (nSPS) is 14.8. The number of amides is 1. The van der Waals surface area contributed by atoms with Crippen LogP contribution in [0.3, 0.4) is 0 Å². The van der Waals surface area contributed by atoms with Gasteiger partial charge in [0.1, 0.15) is 5.75 Å². The fraction of sp³-hybridized carbons (Fsp3) is 0.292. The maximum Gasteiger partial charge on any atom is 0.279 e. The zero-order valence-electron chi connectivity index (χ0n) is 17.1. The number of nitrogens with zero attached hydrogens (tertiary/aromatic N) is 1. The van der Waals surface area contributed by atoms with E-state index in [9.17, 15) is 4.79 Å². The molecule has 3 aromatic rings. The minimum atomic E-state index is 0.0809. The summed E-state index contributed by atoms with van der Waals surface area (Å²) < 4.78 is 5.23. The highest BCUT2D eigenvalue weighted by molar-refractivity contribution is 6.03. The number of methoxy groups -OCH3 is 1. The van der Waals surface area contributed by atoms with Crippen molar-refractivity contribution in [1.82, 2.24) is 0 Å². The zero-order valence-corrected chi connectivity index (χ0v) is 17.1. The van der Waals surface area contributed by atoms with Gasteiger partial charge in [0, 0.05) is 11.1 Å². The molecular weight excluding hydrogens is 362 g/mol. The number of rotatable bonds is 5. The molecule has 0 spiro atoms. The zero-order chi connectivity index (χ0) is 20.2. The fourth-order valence-corrected chi connectivity index (χ4v) is 4.01. The van der Waals surface area contributed by atoms with Crippen LogP contribution < -0.4 is 19.9 Å². The molecule has 2 N–H and O–H groups in total. The lowest BCUT2D eigenvalue weighted by atomic mass is 10.0. The number of hydrogen-bond donors (Lipinski definition) is 2. The van der Waals surface area contributed by atoms with E-state index < -0.39 is 0 Å². The number of aryl methyl sites for hydroxylation is 1. The molecule has 3 aromatic carbocycles. The number of fused-ring (bicyclic) bond motifs is 1. The minimum absolute atomic E-state index is 0.0809. The van der Waals surface area contributed by atoms with Gasteiger partial charge in [0.05, 0.1) is 39.0 Å². The van der Waals surface area contributed by atoms with Gasteiger partial charge in [-0.05, 0) is 42.1 Å². The Morgan fingerprint density at radius 2 is 1.76 bits per heavy atom. The Morgan fingerprint density at radius 1 is 1.03 bits per heavy atom. The second kappa shape index (κ2) is 8.53. The summed E-state index contributed by atoms with van der Waals surface area (Å²) in [6.07, 6.45) is 0. The SMILES string of the molecule is COc1ccc(N2CC[NH+](CC(=O)Nc3c(C)ccc4ccccc34)CC2)cc1. The lowest BCUT2D eigenvalue weighted by Gasteiger charge is -2.33. The fourth-order valence-electron chi connectivity index (χ4n) is 4.01. The summed E-state index contributed by atoms with van der Waals surface area (Å²) in [7, 11) is 1.68. The van der Waals surface area contributed by atoms with E-state index in [4.69, 9.17) is 4.74 Å². The molecule has 0 aliphatic carbocycles. The summed E-state index contributed by atoms with van der Waals surface area (Å²) in [5, 5.41) is 5.41. The second-order valence-corrected chi connectivity index (χ2v) is 7.64. The highest BCUT2D eigenvalue weighted by atomic mass is 16.5. The van der Waals surface area contributed by atoms with Crippen molar-refractivity contribution in [2.75, 3.05) is 50.1 Å². The molecule has 29 heavy (non-hydrogen) atoms. The number of piperazine rings is 1. The van der Waals surface area contributed by atoms with Gasteiger partial charge in [-0.3, -0.25) is 4.79 Å². The van der Waals surface area contributed by atoms with E-state index >= 15 is 0 Å². The van der Waals surface area contributed by atoms with Crippen molar-refractivity contribution in [2.45, 2.75) is 6.92 Å². The highest BCUT2D eigenvalue weighted by Gasteiger charge is 2.23. The molecule has 150 valence electrons. The molecule has 1 aliphatic rings. The Morgan fingerprint density at radius 3 is 2.48 bits per heavy atom. The molecule has 4 rings (SSSR count). The molecule has 0 saturated carbocycles. The second-order valence-electron chi connectivity index (χ2n) is 7.64. The van der Waals surface area contributed by atoms with Crippen LogP contribution in [0.4, 0.5) is 11.4 Å². The first kappa shape index (κ1) is 19.3. The van der Waals surface area contributed by atoms with Gasteiger partial charge in [-0.1, -0.05) is 36.4 Å². The Balaban J connectivity index is 1.35. The summed E-state index contributed by atoms with van der Waals surface area (Å²) in [6, 6.07) is 20.5. The first-order valence-electron chi connectivity index (χ1n) is 10.1. The smallest absolute Gasteiger partial charge is 0.279 e. The first-order valence-corrected chi connectivity index (χ1v) is 10.1. The first-order chi connectivity index (χ1) is 14.1. The summed E-state index contributed by atoms with van der Waals surface area (Å²) in [5.41, 5.74) is 3.24. The number of nitrogens with one attached hydrogen (secondary N) is 2. The van der Waals surface area contributed by atoms with Gasteiger partial charge in [0.2, 0.25) is 0 Å². The third-order valence-corrected chi connectivity index (χ3v) is 5.72. The highest BCUT2D eigenvalue weighted by Crippen LogP contribution is 2.26. The van der Waals surface area contributed by atoms with Crippen LogP contribution in [0.5, 0.6) is 5.75 Å². The number of ether oxygens (including phenoxy) is 1. The van der Waals surface area contributed by atoms with Crippen molar-refractivity contribution in [2.24, 2.45) is 0 Å². The van der Waals surface area contributed by atoms with Crippen LogP contribution in [0.1, 0.15) is 5.56 Å². The average molecular weight is 391 g/mol. The van der Waals surface area contributed by atoms with Crippen molar-refractivity contribution >= 4 is 28.1 Å². The molecule has 1 saturated heterocycles. The predicted molar refractivity (Wildman–Crippen MR) is 118 cm³/mol. The molecule has 1 heterocycles. The van der Waals surface area contributed by atoms with Crippen LogP contribution in [-0.2, 0) is 4.79 Å². The van der Waals surface area contributed by atoms with Gasteiger partial charge in [0.25, 0.3) is 5.91 Å². The Hall–Kier alpha value is -3.05. The van der Waals surface area contributed by atoms with Crippen molar-refractivity contribution in [1.29, 1.82) is 0 Å². The monoisotopic (exact) mass is 390 g/mol. The van der Waals surface area contributed by atoms with Crippen LogP contribution in [-0.4, -0.2) is 45.7 Å². The molecule has 1 aliphatic heterocycles. The third kappa shape index (κ3) is 4.35. The van der Waals surface area contributed by atoms with Crippen LogP contribution in [0.25, 0.3) is 10.8 Å². The van der Waals surface area contributed by atoms with E-state index in [0.717, 1.165) is 54.0 Å². The van der Waals surface area contributed by atoms with Crippen molar-refractivity contribution in [3.63, 3.8) is 0 Å². The standard InChI is InChI=1S/C24H27N3O2/c1-18-7-8-19-5-3-4-6-22(19)24(18)25-23(28)17-26-13-15-27(16-14-26)20-9-11-21(29-2)12-10-20/h3-12H,13-17H2,1-2H3,(H,25,28)/p+1. The van der Waals surface area contributed by atoms with Crippen molar-refractivity contribution in [3.05, 3.63) is 66.2 Å². The third-order valence-electron chi connectivity index (χ3n) is 5.72. The molecule has 0 atom stereocenters. The summed E-state index contributed by atoms with van der Waals surface area (Å²) >= 11 is 0. The van der Waals surface area contributed by atoms with Gasteiger partial charge >= 0.3 is 0 Å². The molecule has 5 nitrogen and oxygen atoms in total. The predicted octanol–water partition coefficient (Wildman–Crippen LogP) is 2.50. The summed E-state index contributed by atoms with van der Waals surface area (Å²) in [6.45, 7) is 6.34. The number of benzene rings is 3. The van der Waals surface area contributed by atoms with E-state index in [1.165, 1.54) is 10.6 Å². The number of quaternary nitrogens is 1. The van der Waals surface area contributed by atoms with E-state index in [1.807, 2.05) is 31.2 Å². The molecule has 1 fully saturated rings. The lowest BCUT2D eigenvalue weighted by molar-refractivity contribution is -0.892. The van der Waals surface area contributed by atoms with Crippen molar-refractivity contribution < 1.29 is 14.4 Å². The molecule has 1 amide bonds. The van der Waals surface area contributed by atoms with E-state index in [0.29, 0.717) is 6.54 Å².